The van der Waals surface area contributed by atoms with Crippen LogP contribution >= 0.6 is 15.9 Å². The van der Waals surface area contributed by atoms with Crippen LogP contribution in [0.25, 0.3) is 0 Å². The minimum absolute atomic E-state index is 0.951. The average molecular weight is 310 g/mol. The van der Waals surface area contributed by atoms with Gasteiger partial charge in [0.1, 0.15) is 0 Å². The van der Waals surface area contributed by atoms with E-state index in [1.807, 2.05) is 0 Å². The Kier molecular flexibility index (Phi) is 5.71. The highest BCUT2D eigenvalue weighted by Crippen LogP contribution is 2.30. The lowest BCUT2D eigenvalue weighted by Crippen LogP contribution is -2.21. The van der Waals surface area contributed by atoms with Crippen LogP contribution in [0.15, 0.2) is 28.7 Å². The van der Waals surface area contributed by atoms with Crippen molar-refractivity contribution in [2.75, 3.05) is 6.54 Å². The van der Waals surface area contributed by atoms with Gasteiger partial charge < -0.3 is 5.32 Å². The lowest BCUT2D eigenvalue weighted by Gasteiger charge is -2.26. The van der Waals surface area contributed by atoms with Crippen LogP contribution in [-0.4, -0.2) is 6.54 Å². The van der Waals surface area contributed by atoms with Crippen molar-refractivity contribution in [1.82, 2.24) is 5.32 Å². The molecule has 1 fully saturated rings. The highest BCUT2D eigenvalue weighted by atomic mass is 79.9. The molecule has 0 heterocycles. The summed E-state index contributed by atoms with van der Waals surface area (Å²) in [6.45, 7) is 4.53. The Morgan fingerprint density at radius 3 is 2.89 bits per heavy atom. The maximum absolute atomic E-state index is 3.59. The van der Waals surface area contributed by atoms with Crippen molar-refractivity contribution < 1.29 is 0 Å². The second-order valence-electron chi connectivity index (χ2n) is 5.69. The molecule has 0 saturated heterocycles. The van der Waals surface area contributed by atoms with Crippen LogP contribution in [0.4, 0.5) is 0 Å². The Bertz CT molecular complexity index is 364. The van der Waals surface area contributed by atoms with E-state index in [1.165, 1.54) is 42.1 Å². The molecule has 0 aromatic heterocycles. The van der Waals surface area contributed by atoms with E-state index in [0.29, 0.717) is 0 Å². The van der Waals surface area contributed by atoms with Gasteiger partial charge in [-0.25, -0.2) is 0 Å². The fourth-order valence-corrected chi connectivity index (χ4v) is 3.42. The third-order valence-electron chi connectivity index (χ3n) is 4.05. The molecule has 0 aliphatic heterocycles. The minimum atomic E-state index is 0.951. The zero-order chi connectivity index (χ0) is 12.8. The number of hydrogen-bond acceptors (Lipinski definition) is 1. The van der Waals surface area contributed by atoms with Gasteiger partial charge in [-0.15, -0.1) is 0 Å². The third kappa shape index (κ3) is 4.40. The van der Waals surface area contributed by atoms with Gasteiger partial charge in [0.25, 0.3) is 0 Å². The van der Waals surface area contributed by atoms with E-state index in [9.17, 15) is 0 Å². The maximum Gasteiger partial charge on any atom is 0.0220 e. The van der Waals surface area contributed by atoms with Crippen molar-refractivity contribution in [3.05, 3.63) is 34.3 Å². The van der Waals surface area contributed by atoms with Crippen molar-refractivity contribution in [2.45, 2.75) is 45.6 Å². The van der Waals surface area contributed by atoms with Crippen molar-refractivity contribution >= 4 is 15.9 Å². The van der Waals surface area contributed by atoms with Gasteiger partial charge in [0.2, 0.25) is 0 Å². The predicted molar refractivity (Wildman–Crippen MR) is 81.6 cm³/mol. The lowest BCUT2D eigenvalue weighted by molar-refractivity contribution is 0.267. The molecule has 1 aliphatic carbocycles. The van der Waals surface area contributed by atoms with Crippen molar-refractivity contribution in [3.63, 3.8) is 0 Å². The van der Waals surface area contributed by atoms with Gasteiger partial charge in [-0.3, -0.25) is 0 Å². The summed E-state index contributed by atoms with van der Waals surface area (Å²) in [6, 6.07) is 8.46. The summed E-state index contributed by atoms with van der Waals surface area (Å²) >= 11 is 3.59. The number of rotatable bonds is 5. The van der Waals surface area contributed by atoms with Crippen LogP contribution in [0.3, 0.4) is 0 Å². The van der Waals surface area contributed by atoms with Crippen LogP contribution in [0.2, 0.25) is 0 Å². The number of nitrogens with one attached hydrogen (secondary N) is 1. The first-order chi connectivity index (χ1) is 8.75. The Hall–Kier alpha value is -0.340. The molecule has 1 aromatic rings. The summed E-state index contributed by atoms with van der Waals surface area (Å²) < 4.78 is 1.21. The van der Waals surface area contributed by atoms with Gasteiger partial charge in [-0.2, -0.15) is 0 Å². The standard InChI is InChI=1S/C16H24BrN/c1-13-5-4-6-14(11-13)9-10-18-12-15-7-2-3-8-16(15)17/h2-3,7-8,13-14,18H,4-6,9-12H2,1H3. The van der Waals surface area contributed by atoms with Gasteiger partial charge in [-0.1, -0.05) is 60.3 Å². The molecule has 0 bridgehead atoms. The van der Waals surface area contributed by atoms with Gasteiger partial charge in [-0.05, 0) is 42.9 Å². The molecule has 0 amide bonds. The van der Waals surface area contributed by atoms with Crippen LogP contribution in [0.1, 0.15) is 44.6 Å². The van der Waals surface area contributed by atoms with Crippen molar-refractivity contribution in [1.29, 1.82) is 0 Å². The van der Waals surface area contributed by atoms with E-state index in [-0.39, 0.29) is 0 Å². The first kappa shape index (κ1) is 14.1. The zero-order valence-corrected chi connectivity index (χ0v) is 12.9. The Morgan fingerprint density at radius 2 is 2.11 bits per heavy atom. The Balaban J connectivity index is 1.65. The van der Waals surface area contributed by atoms with Crippen molar-refractivity contribution in [3.8, 4) is 0 Å². The molecule has 2 rings (SSSR count). The van der Waals surface area contributed by atoms with Gasteiger partial charge in [0.15, 0.2) is 0 Å². The maximum atomic E-state index is 3.59. The largest absolute Gasteiger partial charge is 0.313 e. The smallest absolute Gasteiger partial charge is 0.0220 e. The molecule has 2 atom stereocenters. The van der Waals surface area contributed by atoms with E-state index < -0.39 is 0 Å². The van der Waals surface area contributed by atoms with Gasteiger partial charge in [0.05, 0.1) is 0 Å². The van der Waals surface area contributed by atoms with E-state index in [2.05, 4.69) is 52.4 Å². The summed E-state index contributed by atoms with van der Waals surface area (Å²) in [6.07, 6.45) is 7.11. The molecule has 1 aromatic carbocycles. The fraction of sp³-hybridized carbons (Fsp3) is 0.625. The van der Waals surface area contributed by atoms with Crippen LogP contribution in [0.5, 0.6) is 0 Å². The summed E-state index contributed by atoms with van der Waals surface area (Å²) in [5.74, 6) is 1.91. The van der Waals surface area contributed by atoms with Crippen LogP contribution < -0.4 is 5.32 Å². The molecule has 2 heteroatoms. The summed E-state index contributed by atoms with van der Waals surface area (Å²) in [5, 5.41) is 3.57. The lowest BCUT2D eigenvalue weighted by atomic mass is 9.81. The molecule has 1 saturated carbocycles. The summed E-state index contributed by atoms with van der Waals surface area (Å²) in [4.78, 5) is 0. The fourth-order valence-electron chi connectivity index (χ4n) is 2.99. The average Bonchev–Trinajstić information content (AvgIpc) is 2.37. The monoisotopic (exact) mass is 309 g/mol. The van der Waals surface area contributed by atoms with Gasteiger partial charge in [0, 0.05) is 11.0 Å². The molecule has 0 radical (unpaired) electrons. The van der Waals surface area contributed by atoms with Crippen molar-refractivity contribution in [2.24, 2.45) is 11.8 Å². The predicted octanol–water partition coefficient (Wildman–Crippen LogP) is 4.76. The first-order valence-electron chi connectivity index (χ1n) is 7.20. The van der Waals surface area contributed by atoms with Crippen LogP contribution in [-0.2, 0) is 6.54 Å². The summed E-state index contributed by atoms with van der Waals surface area (Å²) in [5.41, 5.74) is 1.36. The molecule has 100 valence electrons. The Morgan fingerprint density at radius 1 is 1.28 bits per heavy atom. The highest BCUT2D eigenvalue weighted by molar-refractivity contribution is 9.10. The second kappa shape index (κ2) is 7.30. The van der Waals surface area contributed by atoms with E-state index in [1.54, 1.807) is 0 Å². The molecule has 18 heavy (non-hydrogen) atoms. The molecular weight excluding hydrogens is 286 g/mol. The van der Waals surface area contributed by atoms with E-state index in [0.717, 1.165) is 24.9 Å². The number of hydrogen-bond donors (Lipinski definition) is 1. The highest BCUT2D eigenvalue weighted by Gasteiger charge is 2.17. The van der Waals surface area contributed by atoms with E-state index >= 15 is 0 Å². The first-order valence-corrected chi connectivity index (χ1v) is 7.99. The Labute approximate surface area is 119 Å². The molecule has 1 N–H and O–H groups in total. The molecule has 1 nitrogen and oxygen atoms in total. The number of halogens is 1. The summed E-state index contributed by atoms with van der Waals surface area (Å²) in [7, 11) is 0. The SMILES string of the molecule is CC1CCCC(CCNCc2ccccc2Br)C1. The molecule has 0 spiro atoms. The van der Waals surface area contributed by atoms with Crippen LogP contribution in [0, 0.1) is 11.8 Å². The molecule has 2 unspecified atom stereocenters. The van der Waals surface area contributed by atoms with E-state index in [4.69, 9.17) is 0 Å². The van der Waals surface area contributed by atoms with Gasteiger partial charge >= 0.3 is 0 Å². The molecule has 1 aliphatic rings. The zero-order valence-electron chi connectivity index (χ0n) is 11.3. The normalized spacial score (nSPS) is 24.1. The third-order valence-corrected chi connectivity index (χ3v) is 4.82. The quantitative estimate of drug-likeness (QED) is 0.774. The topological polar surface area (TPSA) is 12.0 Å². The molecular formula is C16H24BrN. The second-order valence-corrected chi connectivity index (χ2v) is 6.55. The minimum Gasteiger partial charge on any atom is -0.313 e. The number of benzene rings is 1.